The molecule has 0 saturated heterocycles. The molecule has 1 aromatic carbocycles. The highest BCUT2D eigenvalue weighted by molar-refractivity contribution is 6.30. The van der Waals surface area contributed by atoms with Crippen LogP contribution >= 0.6 is 11.6 Å². The summed E-state index contributed by atoms with van der Waals surface area (Å²) < 4.78 is 0. The van der Waals surface area contributed by atoms with Crippen molar-refractivity contribution in [2.75, 3.05) is 7.05 Å². The van der Waals surface area contributed by atoms with E-state index in [2.05, 4.69) is 32.2 Å². The van der Waals surface area contributed by atoms with Gasteiger partial charge in [-0.3, -0.25) is 0 Å². The Morgan fingerprint density at radius 2 is 1.93 bits per heavy atom. The molecule has 0 bridgehead atoms. The highest BCUT2D eigenvalue weighted by Crippen LogP contribution is 2.18. The molecule has 2 heteroatoms. The Balaban J connectivity index is 2.87. The zero-order valence-corrected chi connectivity index (χ0v) is 10.1. The lowest BCUT2D eigenvalue weighted by Crippen LogP contribution is -2.38. The number of benzene rings is 1. The summed E-state index contributed by atoms with van der Waals surface area (Å²) in [6.45, 7) is 6.44. The molecule has 0 fully saturated rings. The smallest absolute Gasteiger partial charge is 0.0411 e. The van der Waals surface area contributed by atoms with Crippen molar-refractivity contribution in [1.82, 2.24) is 5.32 Å². The second-order valence-electron chi connectivity index (χ2n) is 4.45. The summed E-state index contributed by atoms with van der Waals surface area (Å²) in [5.74, 6) is 0. The van der Waals surface area contributed by atoms with Gasteiger partial charge in [-0.25, -0.2) is 0 Å². The molecular formula is C12H18ClN. The zero-order valence-electron chi connectivity index (χ0n) is 9.32. The molecule has 0 saturated carbocycles. The van der Waals surface area contributed by atoms with E-state index in [9.17, 15) is 0 Å². The molecule has 0 atom stereocenters. The minimum Gasteiger partial charge on any atom is -0.314 e. The largest absolute Gasteiger partial charge is 0.314 e. The van der Waals surface area contributed by atoms with Crippen LogP contribution in [0.3, 0.4) is 0 Å². The predicted octanol–water partition coefficient (Wildman–Crippen LogP) is 3.19. The molecule has 0 aliphatic rings. The van der Waals surface area contributed by atoms with Gasteiger partial charge in [0.25, 0.3) is 0 Å². The zero-order chi connectivity index (χ0) is 10.8. The van der Waals surface area contributed by atoms with Gasteiger partial charge in [0.1, 0.15) is 0 Å². The summed E-state index contributed by atoms with van der Waals surface area (Å²) in [5, 5.41) is 4.11. The second kappa shape index (κ2) is 4.33. The summed E-state index contributed by atoms with van der Waals surface area (Å²) >= 11 is 6.00. The average molecular weight is 212 g/mol. The Labute approximate surface area is 91.5 Å². The molecule has 0 aliphatic heterocycles. The molecule has 0 heterocycles. The fourth-order valence-corrected chi connectivity index (χ4v) is 1.83. The van der Waals surface area contributed by atoms with Crippen LogP contribution in [-0.4, -0.2) is 12.6 Å². The molecule has 0 aliphatic carbocycles. The van der Waals surface area contributed by atoms with Crippen molar-refractivity contribution in [3.8, 4) is 0 Å². The van der Waals surface area contributed by atoms with Crippen LogP contribution in [0.2, 0.25) is 5.02 Å². The Kier molecular flexibility index (Phi) is 3.57. The molecule has 0 spiro atoms. The molecule has 1 N–H and O–H groups in total. The number of rotatable bonds is 3. The molecule has 14 heavy (non-hydrogen) atoms. The normalized spacial score (nSPS) is 11.8. The lowest BCUT2D eigenvalue weighted by Gasteiger charge is -2.24. The Bertz CT molecular complexity index is 298. The van der Waals surface area contributed by atoms with Crippen molar-refractivity contribution in [3.63, 3.8) is 0 Å². The summed E-state index contributed by atoms with van der Waals surface area (Å²) in [7, 11) is 1.98. The maximum atomic E-state index is 6.00. The van der Waals surface area contributed by atoms with Gasteiger partial charge in [-0.2, -0.15) is 0 Å². The number of nitrogens with one attached hydrogen (secondary N) is 1. The fraction of sp³-hybridized carbons (Fsp3) is 0.500. The van der Waals surface area contributed by atoms with Gasteiger partial charge < -0.3 is 5.32 Å². The third-order valence-electron chi connectivity index (χ3n) is 2.42. The lowest BCUT2D eigenvalue weighted by atomic mass is 9.94. The van der Waals surface area contributed by atoms with Crippen molar-refractivity contribution in [2.45, 2.75) is 32.7 Å². The van der Waals surface area contributed by atoms with Gasteiger partial charge in [-0.1, -0.05) is 17.7 Å². The number of aryl methyl sites for hydroxylation is 1. The van der Waals surface area contributed by atoms with Gasteiger partial charge in [-0.15, -0.1) is 0 Å². The Morgan fingerprint density at radius 3 is 2.43 bits per heavy atom. The van der Waals surface area contributed by atoms with E-state index in [0.29, 0.717) is 0 Å². The van der Waals surface area contributed by atoms with E-state index in [4.69, 9.17) is 11.6 Å². The van der Waals surface area contributed by atoms with Crippen LogP contribution in [0.25, 0.3) is 0 Å². The predicted molar refractivity (Wildman–Crippen MR) is 63.0 cm³/mol. The summed E-state index contributed by atoms with van der Waals surface area (Å²) in [6, 6.07) is 6.20. The minimum atomic E-state index is 0.122. The van der Waals surface area contributed by atoms with Crippen LogP contribution in [-0.2, 0) is 6.42 Å². The van der Waals surface area contributed by atoms with Crippen LogP contribution < -0.4 is 5.32 Å². The van der Waals surface area contributed by atoms with Crippen molar-refractivity contribution < 1.29 is 0 Å². The second-order valence-corrected chi connectivity index (χ2v) is 4.88. The minimum absolute atomic E-state index is 0.122. The highest BCUT2D eigenvalue weighted by Gasteiger charge is 2.15. The van der Waals surface area contributed by atoms with Gasteiger partial charge in [-0.05, 0) is 57.5 Å². The average Bonchev–Trinajstić information content (AvgIpc) is 2.01. The molecule has 78 valence electrons. The SMILES string of the molecule is CNC(C)(C)Cc1cc(C)cc(Cl)c1. The topological polar surface area (TPSA) is 12.0 Å². The molecule has 0 aromatic heterocycles. The first-order chi connectivity index (χ1) is 6.43. The highest BCUT2D eigenvalue weighted by atomic mass is 35.5. The summed E-state index contributed by atoms with van der Waals surface area (Å²) in [6.07, 6.45) is 0.991. The molecule has 0 unspecified atom stereocenters. The van der Waals surface area contributed by atoms with Crippen LogP contribution in [0.15, 0.2) is 18.2 Å². The van der Waals surface area contributed by atoms with E-state index >= 15 is 0 Å². The molecule has 0 amide bonds. The molecule has 0 radical (unpaired) electrons. The van der Waals surface area contributed by atoms with Crippen LogP contribution in [0.5, 0.6) is 0 Å². The van der Waals surface area contributed by atoms with E-state index < -0.39 is 0 Å². The molecular weight excluding hydrogens is 194 g/mol. The van der Waals surface area contributed by atoms with E-state index in [1.54, 1.807) is 0 Å². The van der Waals surface area contributed by atoms with Crippen LogP contribution in [0, 0.1) is 6.92 Å². The van der Waals surface area contributed by atoms with Crippen molar-refractivity contribution in [3.05, 3.63) is 34.3 Å². The first-order valence-corrected chi connectivity index (χ1v) is 5.26. The van der Waals surface area contributed by atoms with Crippen LogP contribution in [0.4, 0.5) is 0 Å². The third kappa shape index (κ3) is 3.32. The van der Waals surface area contributed by atoms with E-state index in [1.165, 1.54) is 11.1 Å². The Hall–Kier alpha value is -0.530. The van der Waals surface area contributed by atoms with Gasteiger partial charge in [0.15, 0.2) is 0 Å². The maximum Gasteiger partial charge on any atom is 0.0411 e. The van der Waals surface area contributed by atoms with Crippen molar-refractivity contribution in [2.24, 2.45) is 0 Å². The fourth-order valence-electron chi connectivity index (χ4n) is 1.51. The number of hydrogen-bond donors (Lipinski definition) is 1. The number of hydrogen-bond acceptors (Lipinski definition) is 1. The van der Waals surface area contributed by atoms with Crippen LogP contribution in [0.1, 0.15) is 25.0 Å². The van der Waals surface area contributed by atoms with Crippen molar-refractivity contribution in [1.29, 1.82) is 0 Å². The van der Waals surface area contributed by atoms with Gasteiger partial charge in [0.2, 0.25) is 0 Å². The number of halogens is 1. The van der Waals surface area contributed by atoms with Gasteiger partial charge >= 0.3 is 0 Å². The Morgan fingerprint density at radius 1 is 1.29 bits per heavy atom. The molecule has 1 aromatic rings. The molecule has 1 rings (SSSR count). The first-order valence-electron chi connectivity index (χ1n) is 4.88. The summed E-state index contributed by atoms with van der Waals surface area (Å²) in [5.41, 5.74) is 2.63. The quantitative estimate of drug-likeness (QED) is 0.810. The molecule has 1 nitrogen and oxygen atoms in total. The third-order valence-corrected chi connectivity index (χ3v) is 2.64. The maximum absolute atomic E-state index is 6.00. The number of likely N-dealkylation sites (N-methyl/N-ethyl adjacent to an activating group) is 1. The summed E-state index contributed by atoms with van der Waals surface area (Å²) in [4.78, 5) is 0. The van der Waals surface area contributed by atoms with E-state index in [0.717, 1.165) is 11.4 Å². The monoisotopic (exact) mass is 211 g/mol. The van der Waals surface area contributed by atoms with E-state index in [-0.39, 0.29) is 5.54 Å². The standard InChI is InChI=1S/C12H18ClN/c1-9-5-10(7-11(13)6-9)8-12(2,3)14-4/h5-7,14H,8H2,1-4H3. The first kappa shape index (κ1) is 11.5. The van der Waals surface area contributed by atoms with Gasteiger partial charge in [0, 0.05) is 10.6 Å². The van der Waals surface area contributed by atoms with Gasteiger partial charge in [0.05, 0.1) is 0 Å². The van der Waals surface area contributed by atoms with E-state index in [1.807, 2.05) is 19.2 Å². The lowest BCUT2D eigenvalue weighted by molar-refractivity contribution is 0.422. The van der Waals surface area contributed by atoms with Crippen molar-refractivity contribution >= 4 is 11.6 Å².